The predicted octanol–water partition coefficient (Wildman–Crippen LogP) is 0.111. The smallest absolute Gasteiger partial charge is 0.321 e. The second-order valence-electron chi connectivity index (χ2n) is 2.33. The van der Waals surface area contributed by atoms with Gasteiger partial charge in [0.1, 0.15) is 12.3 Å². The predicted molar refractivity (Wildman–Crippen MR) is 48.2 cm³/mol. The molecule has 0 spiro atoms. The Bertz CT molecular complexity index is 152. The minimum atomic E-state index is -0.974. The molecule has 4 nitrogen and oxygen atoms in total. The molecule has 0 aromatic heterocycles. The van der Waals surface area contributed by atoms with Gasteiger partial charge in [-0.05, 0) is 12.2 Å². The maximum absolute atomic E-state index is 10.2. The van der Waals surface area contributed by atoms with Crippen LogP contribution in [0.2, 0.25) is 0 Å². The van der Waals surface area contributed by atoms with Gasteiger partial charge in [-0.2, -0.15) is 11.8 Å². The molecule has 5 heteroatoms. The molecule has 0 fully saturated rings. The second-order valence-corrected chi connectivity index (χ2v) is 3.48. The third-order valence-corrected chi connectivity index (χ3v) is 2.40. The van der Waals surface area contributed by atoms with Crippen molar-refractivity contribution in [3.05, 3.63) is 0 Å². The van der Waals surface area contributed by atoms with E-state index in [4.69, 9.17) is 10.8 Å². The lowest BCUT2D eigenvalue weighted by Crippen LogP contribution is -2.32. The minimum Gasteiger partial charge on any atom is -0.480 e. The van der Waals surface area contributed by atoms with E-state index >= 15 is 0 Å². The molecule has 0 aromatic carbocycles. The van der Waals surface area contributed by atoms with Crippen LogP contribution in [0.1, 0.15) is 12.8 Å². The van der Waals surface area contributed by atoms with Crippen LogP contribution < -0.4 is 5.73 Å². The molecule has 0 bridgehead atoms. The molecule has 0 radical (unpaired) electrons. The van der Waals surface area contributed by atoms with Crippen molar-refractivity contribution in [2.45, 2.75) is 18.9 Å². The quantitative estimate of drug-likeness (QED) is 0.441. The van der Waals surface area contributed by atoms with Gasteiger partial charge >= 0.3 is 5.97 Å². The molecule has 1 atom stereocenters. The van der Waals surface area contributed by atoms with E-state index in [-0.39, 0.29) is 0 Å². The van der Waals surface area contributed by atoms with Crippen molar-refractivity contribution in [3.63, 3.8) is 0 Å². The maximum Gasteiger partial charge on any atom is 0.321 e. The average molecular weight is 191 g/mol. The normalized spacial score (nSPS) is 12.4. The fraction of sp³-hybridized carbons (Fsp3) is 0.714. The average Bonchev–Trinajstić information content (AvgIpc) is 2.03. The van der Waals surface area contributed by atoms with E-state index in [9.17, 15) is 9.59 Å². The second kappa shape index (κ2) is 7.12. The topological polar surface area (TPSA) is 80.4 Å². The van der Waals surface area contributed by atoms with Gasteiger partial charge < -0.3 is 15.6 Å². The lowest BCUT2D eigenvalue weighted by atomic mass is 10.4. The Morgan fingerprint density at radius 3 is 2.83 bits per heavy atom. The van der Waals surface area contributed by atoms with E-state index in [1.54, 1.807) is 0 Å². The van der Waals surface area contributed by atoms with Gasteiger partial charge in [-0.3, -0.25) is 4.79 Å². The van der Waals surface area contributed by atoms with Gasteiger partial charge in [-0.25, -0.2) is 0 Å². The van der Waals surface area contributed by atoms with Crippen LogP contribution in [-0.2, 0) is 9.59 Å². The molecule has 0 saturated heterocycles. The number of thioether (sulfide) groups is 1. The number of carboxylic acid groups (broad SMARTS) is 1. The number of hydrogen-bond acceptors (Lipinski definition) is 4. The zero-order chi connectivity index (χ0) is 9.40. The van der Waals surface area contributed by atoms with Crippen LogP contribution in [-0.4, -0.2) is 34.9 Å². The highest BCUT2D eigenvalue weighted by Gasteiger charge is 2.09. The van der Waals surface area contributed by atoms with Crippen molar-refractivity contribution < 1.29 is 14.7 Å². The summed E-state index contributed by atoms with van der Waals surface area (Å²) in [6.45, 7) is 0. The van der Waals surface area contributed by atoms with Crippen molar-refractivity contribution in [1.82, 2.24) is 0 Å². The monoisotopic (exact) mass is 191 g/mol. The summed E-state index contributed by atoms with van der Waals surface area (Å²) in [6, 6.07) is -0.786. The van der Waals surface area contributed by atoms with Gasteiger partial charge in [-0.15, -0.1) is 0 Å². The van der Waals surface area contributed by atoms with Crippen LogP contribution in [0.4, 0.5) is 0 Å². The molecular formula is C7H13NO3S. The molecule has 12 heavy (non-hydrogen) atoms. The van der Waals surface area contributed by atoms with E-state index in [2.05, 4.69) is 0 Å². The number of aliphatic carboxylic acids is 1. The van der Waals surface area contributed by atoms with Gasteiger partial charge in [0.15, 0.2) is 0 Å². The first kappa shape index (κ1) is 11.4. The van der Waals surface area contributed by atoms with Crippen LogP contribution in [0, 0.1) is 0 Å². The molecule has 0 saturated carbocycles. The summed E-state index contributed by atoms with van der Waals surface area (Å²) in [5, 5.41) is 8.39. The molecule has 0 heterocycles. The van der Waals surface area contributed by atoms with E-state index in [1.807, 2.05) is 0 Å². The summed E-state index contributed by atoms with van der Waals surface area (Å²) in [5.41, 5.74) is 5.24. The summed E-state index contributed by atoms with van der Waals surface area (Å²) in [6.07, 6.45) is 2.19. The number of rotatable bonds is 7. The molecule has 3 N–H and O–H groups in total. The first-order chi connectivity index (χ1) is 5.68. The fourth-order valence-electron chi connectivity index (χ4n) is 0.550. The Hall–Kier alpha value is -0.550. The molecule has 0 amide bonds. The maximum atomic E-state index is 10.2. The summed E-state index contributed by atoms with van der Waals surface area (Å²) in [7, 11) is 0. The van der Waals surface area contributed by atoms with E-state index in [1.165, 1.54) is 11.8 Å². The Balaban J connectivity index is 3.19. The number of nitrogens with two attached hydrogens (primary N) is 1. The lowest BCUT2D eigenvalue weighted by Gasteiger charge is -2.04. The fourth-order valence-corrected chi connectivity index (χ4v) is 1.48. The van der Waals surface area contributed by atoms with Crippen LogP contribution in [0.15, 0.2) is 0 Å². The van der Waals surface area contributed by atoms with Gasteiger partial charge in [0, 0.05) is 12.2 Å². The highest BCUT2D eigenvalue weighted by Crippen LogP contribution is 2.04. The zero-order valence-electron chi connectivity index (χ0n) is 6.73. The van der Waals surface area contributed by atoms with E-state index < -0.39 is 12.0 Å². The summed E-state index contributed by atoms with van der Waals surface area (Å²) >= 11 is 1.46. The molecule has 70 valence electrons. The zero-order valence-corrected chi connectivity index (χ0v) is 7.55. The number of aldehydes is 1. The van der Waals surface area contributed by atoms with E-state index in [0.29, 0.717) is 12.2 Å². The van der Waals surface area contributed by atoms with Crippen LogP contribution in [0.3, 0.4) is 0 Å². The summed E-state index contributed by atoms with van der Waals surface area (Å²) in [5.74, 6) is 0.228. The lowest BCUT2D eigenvalue weighted by molar-refractivity contribution is -0.137. The SMILES string of the molecule is N[C@@H](CSCCCC=O)C(=O)O. The largest absolute Gasteiger partial charge is 0.480 e. The van der Waals surface area contributed by atoms with Crippen LogP contribution in [0.5, 0.6) is 0 Å². The Morgan fingerprint density at radius 1 is 1.67 bits per heavy atom. The van der Waals surface area contributed by atoms with Crippen LogP contribution >= 0.6 is 11.8 Å². The molecule has 0 aliphatic heterocycles. The number of unbranched alkanes of at least 4 members (excludes halogenated alkanes) is 1. The van der Waals surface area contributed by atoms with Crippen molar-refractivity contribution in [3.8, 4) is 0 Å². The van der Waals surface area contributed by atoms with E-state index in [0.717, 1.165) is 18.5 Å². The van der Waals surface area contributed by atoms with Gasteiger partial charge in [0.05, 0.1) is 0 Å². The highest BCUT2D eigenvalue weighted by atomic mass is 32.2. The number of carbonyl (C=O) groups excluding carboxylic acids is 1. The number of carbonyl (C=O) groups is 2. The summed E-state index contributed by atoms with van der Waals surface area (Å²) in [4.78, 5) is 20.1. The Labute approximate surface area is 75.5 Å². The summed E-state index contributed by atoms with van der Waals surface area (Å²) < 4.78 is 0. The first-order valence-electron chi connectivity index (χ1n) is 3.68. The highest BCUT2D eigenvalue weighted by molar-refractivity contribution is 7.99. The molecule has 0 rings (SSSR count). The van der Waals surface area contributed by atoms with Crippen molar-refractivity contribution >= 4 is 24.0 Å². The van der Waals surface area contributed by atoms with Gasteiger partial charge in [0.2, 0.25) is 0 Å². The molecule has 0 aliphatic rings. The molecule has 0 aromatic rings. The van der Waals surface area contributed by atoms with Crippen LogP contribution in [0.25, 0.3) is 0 Å². The minimum absolute atomic E-state index is 0.411. The van der Waals surface area contributed by atoms with Gasteiger partial charge in [0.25, 0.3) is 0 Å². The third kappa shape index (κ3) is 6.18. The molecule has 0 aliphatic carbocycles. The van der Waals surface area contributed by atoms with Crippen molar-refractivity contribution in [2.75, 3.05) is 11.5 Å². The number of hydrogen-bond donors (Lipinski definition) is 2. The Morgan fingerprint density at radius 2 is 2.33 bits per heavy atom. The van der Waals surface area contributed by atoms with Crippen molar-refractivity contribution in [2.24, 2.45) is 5.73 Å². The third-order valence-electron chi connectivity index (χ3n) is 1.23. The Kier molecular flexibility index (Phi) is 6.79. The molecule has 0 unspecified atom stereocenters. The van der Waals surface area contributed by atoms with Crippen molar-refractivity contribution in [1.29, 1.82) is 0 Å². The number of carboxylic acids is 1. The van der Waals surface area contributed by atoms with Gasteiger partial charge in [-0.1, -0.05) is 0 Å². The standard InChI is InChI=1S/C7H13NO3S/c8-6(7(10)11)5-12-4-2-1-3-9/h3,6H,1-2,4-5,8H2,(H,10,11)/t6-/m0/s1. The molecular weight excluding hydrogens is 178 g/mol. The first-order valence-corrected chi connectivity index (χ1v) is 4.83.